The number of hydrogen-bond acceptors (Lipinski definition) is 7. The van der Waals surface area contributed by atoms with Crippen LogP contribution in [-0.2, 0) is 32.7 Å². The molecule has 0 aromatic rings. The van der Waals surface area contributed by atoms with Crippen LogP contribution in [0.25, 0.3) is 0 Å². The number of hydrogen-bond donors (Lipinski definition) is 1. The van der Waals surface area contributed by atoms with Crippen molar-refractivity contribution in [1.29, 1.82) is 0 Å². The lowest BCUT2D eigenvalue weighted by Crippen LogP contribution is -2.37. The molecule has 0 saturated heterocycles. The third-order valence-corrected chi connectivity index (χ3v) is 16.4. The number of ether oxygens (including phenoxy) is 2. The molecule has 0 aliphatic carbocycles. The molecule has 0 rings (SSSR count). The van der Waals surface area contributed by atoms with Crippen molar-refractivity contribution in [3.05, 3.63) is 36.5 Å². The van der Waals surface area contributed by atoms with E-state index in [1.165, 1.54) is 244 Å². The van der Waals surface area contributed by atoms with E-state index < -0.39 is 26.5 Å². The Bertz CT molecular complexity index is 1430. The molecule has 2 atom stereocenters. The molecule has 0 fully saturated rings. The summed E-state index contributed by atoms with van der Waals surface area (Å²) in [7, 11) is 1.48. The van der Waals surface area contributed by atoms with Gasteiger partial charge in [-0.05, 0) is 44.9 Å². The Morgan fingerprint density at radius 1 is 0.405 bits per heavy atom. The van der Waals surface area contributed by atoms with E-state index in [0.717, 1.165) is 64.2 Å². The Balaban J connectivity index is 3.87. The molecule has 466 valence electrons. The minimum absolute atomic E-state index is 0.0308. The van der Waals surface area contributed by atoms with Crippen LogP contribution in [0.1, 0.15) is 341 Å². The second kappa shape index (κ2) is 60.8. The Kier molecular flexibility index (Phi) is 59.4. The van der Waals surface area contributed by atoms with E-state index in [1.807, 2.05) is 21.1 Å². The van der Waals surface area contributed by atoms with Crippen molar-refractivity contribution in [2.24, 2.45) is 0 Å². The monoisotopic (exact) mass is 1130 g/mol. The molecule has 0 aliphatic rings. The Labute approximate surface area is 491 Å². The first-order valence-corrected chi connectivity index (χ1v) is 35.7. The van der Waals surface area contributed by atoms with Gasteiger partial charge in [0, 0.05) is 12.8 Å². The number of nitrogens with zero attached hydrogens (tertiary/aromatic N) is 1. The minimum atomic E-state index is -4.39. The Morgan fingerprint density at radius 3 is 1.08 bits per heavy atom. The lowest BCUT2D eigenvalue weighted by molar-refractivity contribution is -0.870. The summed E-state index contributed by atoms with van der Waals surface area (Å²) in [5, 5.41) is 0. The molecule has 0 aromatic carbocycles. The van der Waals surface area contributed by atoms with Gasteiger partial charge in [0.15, 0.2) is 6.10 Å². The largest absolute Gasteiger partial charge is 0.472 e. The number of carbonyl (C=O) groups is 2. The molecule has 79 heavy (non-hydrogen) atoms. The number of phosphoric ester groups is 1. The number of likely N-dealkylation sites (N-methyl/N-ethyl adjacent to an activating group) is 1. The predicted molar refractivity (Wildman–Crippen MR) is 340 cm³/mol. The average molecular weight is 1140 g/mol. The molecule has 0 amide bonds. The van der Waals surface area contributed by atoms with Crippen LogP contribution in [0.2, 0.25) is 0 Å². The Morgan fingerprint density at radius 2 is 0.722 bits per heavy atom. The smallest absolute Gasteiger partial charge is 0.462 e. The lowest BCUT2D eigenvalue weighted by Gasteiger charge is -2.24. The quantitative estimate of drug-likeness (QED) is 0.0211. The van der Waals surface area contributed by atoms with Gasteiger partial charge >= 0.3 is 19.8 Å². The van der Waals surface area contributed by atoms with Gasteiger partial charge in [-0.3, -0.25) is 18.6 Å². The summed E-state index contributed by atoms with van der Waals surface area (Å²) >= 11 is 0. The van der Waals surface area contributed by atoms with Gasteiger partial charge in [0.05, 0.1) is 27.7 Å². The highest BCUT2D eigenvalue weighted by Crippen LogP contribution is 2.43. The fourth-order valence-corrected chi connectivity index (χ4v) is 11.0. The van der Waals surface area contributed by atoms with Crippen LogP contribution in [-0.4, -0.2) is 74.9 Å². The molecule has 0 heterocycles. The van der Waals surface area contributed by atoms with Gasteiger partial charge in [-0.2, -0.15) is 0 Å². The summed E-state index contributed by atoms with van der Waals surface area (Å²) in [5.41, 5.74) is 0. The van der Waals surface area contributed by atoms with Crippen LogP contribution in [0.5, 0.6) is 0 Å². The molecular formula is C69H133NO8P+. The van der Waals surface area contributed by atoms with Crippen molar-refractivity contribution in [3.63, 3.8) is 0 Å². The predicted octanol–water partition coefficient (Wildman–Crippen LogP) is 21.9. The molecule has 0 bridgehead atoms. The molecule has 0 aliphatic heterocycles. The van der Waals surface area contributed by atoms with Gasteiger partial charge in [0.1, 0.15) is 19.8 Å². The summed E-state index contributed by atoms with van der Waals surface area (Å²) in [4.78, 5) is 35.7. The third kappa shape index (κ3) is 65.3. The molecule has 0 saturated carbocycles. The second-order valence-electron chi connectivity index (χ2n) is 24.5. The van der Waals surface area contributed by atoms with Gasteiger partial charge in [-0.1, -0.05) is 320 Å². The number of carbonyl (C=O) groups excluding carboxylic acids is 2. The van der Waals surface area contributed by atoms with Gasteiger partial charge < -0.3 is 18.9 Å². The van der Waals surface area contributed by atoms with E-state index in [0.29, 0.717) is 23.9 Å². The summed E-state index contributed by atoms with van der Waals surface area (Å²) in [6, 6.07) is 0. The maximum Gasteiger partial charge on any atom is 0.472 e. The van der Waals surface area contributed by atoms with E-state index in [9.17, 15) is 19.0 Å². The van der Waals surface area contributed by atoms with Crippen molar-refractivity contribution >= 4 is 19.8 Å². The van der Waals surface area contributed by atoms with Gasteiger partial charge in [0.2, 0.25) is 0 Å². The van der Waals surface area contributed by atoms with Crippen LogP contribution >= 0.6 is 7.82 Å². The summed E-state index contributed by atoms with van der Waals surface area (Å²) in [5.74, 6) is -0.794. The van der Waals surface area contributed by atoms with Crippen molar-refractivity contribution in [1.82, 2.24) is 0 Å². The van der Waals surface area contributed by atoms with E-state index in [-0.39, 0.29) is 25.6 Å². The van der Waals surface area contributed by atoms with Crippen molar-refractivity contribution in [3.8, 4) is 0 Å². The lowest BCUT2D eigenvalue weighted by atomic mass is 10.0. The first-order chi connectivity index (χ1) is 38.5. The van der Waals surface area contributed by atoms with Crippen molar-refractivity contribution in [2.45, 2.75) is 347 Å². The highest BCUT2D eigenvalue weighted by molar-refractivity contribution is 7.47. The van der Waals surface area contributed by atoms with Crippen LogP contribution in [0.3, 0.4) is 0 Å². The first kappa shape index (κ1) is 77.2. The molecule has 10 heteroatoms. The summed E-state index contributed by atoms with van der Waals surface area (Å²) in [6.45, 7) is 4.36. The van der Waals surface area contributed by atoms with Crippen LogP contribution in [0, 0.1) is 0 Å². The van der Waals surface area contributed by atoms with Crippen LogP contribution in [0.4, 0.5) is 0 Å². The minimum Gasteiger partial charge on any atom is -0.462 e. The number of allylic oxidation sites excluding steroid dienone is 6. The molecule has 2 unspecified atom stereocenters. The van der Waals surface area contributed by atoms with E-state index in [4.69, 9.17) is 18.5 Å². The zero-order chi connectivity index (χ0) is 57.7. The first-order valence-electron chi connectivity index (χ1n) is 34.2. The third-order valence-electron chi connectivity index (χ3n) is 15.4. The summed E-state index contributed by atoms with van der Waals surface area (Å²) in [6.07, 6.45) is 77.1. The normalized spacial score (nSPS) is 13.3. The van der Waals surface area contributed by atoms with Gasteiger partial charge in [-0.25, -0.2) is 4.57 Å². The molecule has 0 spiro atoms. The zero-order valence-electron chi connectivity index (χ0n) is 53.1. The molecule has 0 aromatic heterocycles. The van der Waals surface area contributed by atoms with E-state index in [1.54, 1.807) is 0 Å². The van der Waals surface area contributed by atoms with Gasteiger partial charge in [0.25, 0.3) is 0 Å². The maximum absolute atomic E-state index is 12.8. The zero-order valence-corrected chi connectivity index (χ0v) is 54.0. The number of phosphoric acid groups is 1. The van der Waals surface area contributed by atoms with Crippen LogP contribution < -0.4 is 0 Å². The molecule has 0 radical (unpaired) electrons. The topological polar surface area (TPSA) is 108 Å². The van der Waals surface area contributed by atoms with E-state index >= 15 is 0 Å². The van der Waals surface area contributed by atoms with Crippen molar-refractivity contribution in [2.75, 3.05) is 47.5 Å². The Hall–Kier alpha value is -1.77. The van der Waals surface area contributed by atoms with E-state index in [2.05, 4.69) is 50.3 Å². The summed E-state index contributed by atoms with van der Waals surface area (Å²) < 4.78 is 34.6. The van der Waals surface area contributed by atoms with Gasteiger partial charge in [-0.15, -0.1) is 0 Å². The molecule has 1 N–H and O–H groups in total. The fraction of sp³-hybridized carbons (Fsp3) is 0.884. The molecular weight excluding hydrogens is 1000 g/mol. The van der Waals surface area contributed by atoms with Crippen molar-refractivity contribution < 1.29 is 42.1 Å². The number of quaternary nitrogens is 1. The second-order valence-corrected chi connectivity index (χ2v) is 26.0. The highest BCUT2D eigenvalue weighted by Gasteiger charge is 2.27. The fourth-order valence-electron chi connectivity index (χ4n) is 10.2. The standard InChI is InChI=1S/C69H132NO8P/c1-6-8-10-12-14-16-18-20-22-24-25-26-27-28-29-30-31-32-33-34-35-36-37-38-39-40-41-42-43-44-46-47-49-51-53-55-57-59-61-68(71)75-65-67(66-77-79(73,74)76-64-63-70(3,4)5)78-69(72)62-60-58-56-54-52-50-48-45-23-21-19-17-15-13-11-9-7-2/h9,11,15,17,21,23,67H,6-8,10,12-14,16,18-20,22,24-66H2,1-5H3/p+1/b11-9-,17-15-,23-21-. The maximum atomic E-state index is 12.8. The molecule has 9 nitrogen and oxygen atoms in total. The number of esters is 2. The average Bonchev–Trinajstić information content (AvgIpc) is 3.41. The number of rotatable bonds is 64. The highest BCUT2D eigenvalue weighted by atomic mass is 31.2. The number of unbranched alkanes of at least 4 members (excludes halogenated alkanes) is 44. The SMILES string of the molecule is CC/C=C\C/C=C\C/C=C\CCCCCCCCCC(=O)OC(COC(=O)CCCCCCCCCCCCCCCCCCCCCCCCCCCCCCCCCCCCCCCC)COP(=O)(O)OCC[N+](C)(C)C. The van der Waals surface area contributed by atoms with Crippen LogP contribution in [0.15, 0.2) is 36.5 Å².